The van der Waals surface area contributed by atoms with E-state index in [9.17, 15) is 4.79 Å². The molecule has 0 aliphatic carbocycles. The van der Waals surface area contributed by atoms with Crippen LogP contribution in [0.1, 0.15) is 5.56 Å². The van der Waals surface area contributed by atoms with Crippen LogP contribution in [0.3, 0.4) is 0 Å². The first-order valence-corrected chi connectivity index (χ1v) is 6.00. The molecule has 0 radical (unpaired) electrons. The molecule has 0 bridgehead atoms. The van der Waals surface area contributed by atoms with Crippen molar-refractivity contribution >= 4 is 12.0 Å². The summed E-state index contributed by atoms with van der Waals surface area (Å²) in [5.41, 5.74) is 0.762. The van der Waals surface area contributed by atoms with Crippen LogP contribution in [0.2, 0.25) is 0 Å². The quantitative estimate of drug-likeness (QED) is 0.844. The van der Waals surface area contributed by atoms with Crippen molar-refractivity contribution in [2.45, 2.75) is 0 Å². The van der Waals surface area contributed by atoms with Gasteiger partial charge in [-0.2, -0.15) is 0 Å². The zero-order chi connectivity index (χ0) is 14.4. The number of rotatable bonds is 5. The molecule has 2 aromatic rings. The molecule has 0 aliphatic heterocycles. The van der Waals surface area contributed by atoms with Crippen LogP contribution in [0.15, 0.2) is 54.6 Å². The molecule has 0 aromatic heterocycles. The topological polar surface area (TPSA) is 55.8 Å². The molecular formula is C16H14O4. The van der Waals surface area contributed by atoms with Crippen LogP contribution < -0.4 is 9.47 Å². The number of ether oxygens (including phenoxy) is 2. The number of carboxylic acids is 1. The highest BCUT2D eigenvalue weighted by Gasteiger charge is 1.99. The Labute approximate surface area is 116 Å². The van der Waals surface area contributed by atoms with Gasteiger partial charge in [-0.3, -0.25) is 0 Å². The van der Waals surface area contributed by atoms with Gasteiger partial charge in [-0.15, -0.1) is 0 Å². The third kappa shape index (κ3) is 3.88. The molecule has 1 N–H and O–H groups in total. The Hall–Kier alpha value is -2.75. The van der Waals surface area contributed by atoms with Crippen LogP contribution in [0, 0.1) is 0 Å². The third-order valence-corrected chi connectivity index (χ3v) is 2.57. The van der Waals surface area contributed by atoms with Gasteiger partial charge in [-0.1, -0.05) is 12.1 Å². The lowest BCUT2D eigenvalue weighted by Crippen LogP contribution is -1.87. The molecular weight excluding hydrogens is 256 g/mol. The van der Waals surface area contributed by atoms with Gasteiger partial charge >= 0.3 is 5.97 Å². The largest absolute Gasteiger partial charge is 0.497 e. The van der Waals surface area contributed by atoms with Gasteiger partial charge < -0.3 is 14.6 Å². The number of hydrogen-bond donors (Lipinski definition) is 1. The Morgan fingerprint density at radius 1 is 1.05 bits per heavy atom. The molecule has 2 rings (SSSR count). The van der Waals surface area contributed by atoms with Crippen LogP contribution >= 0.6 is 0 Å². The summed E-state index contributed by atoms with van der Waals surface area (Å²) in [6.07, 6.45) is 2.61. The van der Waals surface area contributed by atoms with E-state index in [1.165, 1.54) is 6.08 Å². The maximum absolute atomic E-state index is 10.5. The van der Waals surface area contributed by atoms with E-state index in [-0.39, 0.29) is 0 Å². The number of aliphatic carboxylic acids is 1. The second-order valence-electron chi connectivity index (χ2n) is 4.02. The van der Waals surface area contributed by atoms with Crippen molar-refractivity contribution in [3.63, 3.8) is 0 Å². The van der Waals surface area contributed by atoms with Gasteiger partial charge in [-0.25, -0.2) is 4.79 Å². The van der Waals surface area contributed by atoms with E-state index in [2.05, 4.69) is 0 Å². The SMILES string of the molecule is COc1ccc(Oc2cccc(C=CC(=O)O)c2)cc1. The fourth-order valence-electron chi connectivity index (χ4n) is 1.63. The maximum Gasteiger partial charge on any atom is 0.328 e. The molecule has 102 valence electrons. The summed E-state index contributed by atoms with van der Waals surface area (Å²) >= 11 is 0. The van der Waals surface area contributed by atoms with Gasteiger partial charge in [0.1, 0.15) is 17.2 Å². The second kappa shape index (κ2) is 6.43. The van der Waals surface area contributed by atoms with Crippen LogP contribution in [0.5, 0.6) is 17.2 Å². The van der Waals surface area contributed by atoms with Crippen molar-refractivity contribution in [1.29, 1.82) is 0 Å². The van der Waals surface area contributed by atoms with E-state index < -0.39 is 5.97 Å². The van der Waals surface area contributed by atoms with Gasteiger partial charge in [-0.05, 0) is 48.0 Å². The van der Waals surface area contributed by atoms with Crippen molar-refractivity contribution < 1.29 is 19.4 Å². The average Bonchev–Trinajstić information content (AvgIpc) is 2.46. The van der Waals surface area contributed by atoms with Gasteiger partial charge in [0.05, 0.1) is 7.11 Å². The van der Waals surface area contributed by atoms with E-state index in [1.807, 2.05) is 18.2 Å². The summed E-state index contributed by atoms with van der Waals surface area (Å²) in [5.74, 6) is 1.11. The highest BCUT2D eigenvalue weighted by atomic mass is 16.5. The standard InChI is InChI=1S/C16H14O4/c1-19-13-6-8-14(9-7-13)20-15-4-2-3-12(11-15)5-10-16(17)18/h2-11H,1H3,(H,17,18). The number of benzene rings is 2. The lowest BCUT2D eigenvalue weighted by molar-refractivity contribution is -0.131. The molecule has 0 spiro atoms. The number of hydrogen-bond acceptors (Lipinski definition) is 3. The molecule has 2 aromatic carbocycles. The molecule has 0 unspecified atom stereocenters. The monoisotopic (exact) mass is 270 g/mol. The van der Waals surface area contributed by atoms with Gasteiger partial charge in [0.25, 0.3) is 0 Å². The van der Waals surface area contributed by atoms with E-state index in [0.29, 0.717) is 11.5 Å². The van der Waals surface area contributed by atoms with Crippen molar-refractivity contribution in [3.8, 4) is 17.2 Å². The molecule has 0 saturated heterocycles. The normalized spacial score (nSPS) is 10.4. The molecule has 0 heterocycles. The molecule has 0 atom stereocenters. The van der Waals surface area contributed by atoms with Crippen molar-refractivity contribution in [2.75, 3.05) is 7.11 Å². The lowest BCUT2D eigenvalue weighted by Gasteiger charge is -2.07. The van der Waals surface area contributed by atoms with E-state index >= 15 is 0 Å². The fraction of sp³-hybridized carbons (Fsp3) is 0.0625. The Morgan fingerprint density at radius 2 is 1.75 bits per heavy atom. The predicted molar refractivity (Wildman–Crippen MR) is 76.2 cm³/mol. The average molecular weight is 270 g/mol. The molecule has 0 aliphatic rings. The first kappa shape index (κ1) is 13.7. The predicted octanol–water partition coefficient (Wildman–Crippen LogP) is 3.59. The first-order valence-electron chi connectivity index (χ1n) is 6.00. The molecule has 0 saturated carbocycles. The molecule has 4 heteroatoms. The minimum atomic E-state index is -0.980. The minimum Gasteiger partial charge on any atom is -0.497 e. The highest BCUT2D eigenvalue weighted by Crippen LogP contribution is 2.24. The van der Waals surface area contributed by atoms with E-state index in [0.717, 1.165) is 17.4 Å². The first-order chi connectivity index (χ1) is 9.67. The molecule has 0 amide bonds. The summed E-state index contributed by atoms with van der Waals surface area (Å²) in [4.78, 5) is 10.5. The number of carbonyl (C=O) groups is 1. The zero-order valence-corrected chi connectivity index (χ0v) is 10.9. The van der Waals surface area contributed by atoms with Crippen molar-refractivity contribution in [3.05, 3.63) is 60.2 Å². The smallest absolute Gasteiger partial charge is 0.328 e. The molecule has 20 heavy (non-hydrogen) atoms. The molecule has 0 fully saturated rings. The van der Waals surface area contributed by atoms with Crippen LogP contribution in [0.25, 0.3) is 6.08 Å². The van der Waals surface area contributed by atoms with Crippen molar-refractivity contribution in [1.82, 2.24) is 0 Å². The second-order valence-corrected chi connectivity index (χ2v) is 4.02. The van der Waals surface area contributed by atoms with Gasteiger partial charge in [0.15, 0.2) is 0 Å². The maximum atomic E-state index is 10.5. The van der Waals surface area contributed by atoms with Gasteiger partial charge in [0.2, 0.25) is 0 Å². The summed E-state index contributed by atoms with van der Waals surface area (Å²) in [5, 5.41) is 8.60. The van der Waals surface area contributed by atoms with Gasteiger partial charge in [0, 0.05) is 6.08 Å². The lowest BCUT2D eigenvalue weighted by atomic mass is 10.2. The minimum absolute atomic E-state index is 0.641. The third-order valence-electron chi connectivity index (χ3n) is 2.57. The van der Waals surface area contributed by atoms with E-state index in [1.54, 1.807) is 37.4 Å². The Balaban J connectivity index is 2.12. The summed E-state index contributed by atoms with van der Waals surface area (Å²) in [6, 6.07) is 14.4. The van der Waals surface area contributed by atoms with Crippen LogP contribution in [-0.2, 0) is 4.79 Å². The number of carboxylic acid groups (broad SMARTS) is 1. The van der Waals surface area contributed by atoms with Crippen LogP contribution in [-0.4, -0.2) is 18.2 Å². The van der Waals surface area contributed by atoms with Crippen molar-refractivity contribution in [2.24, 2.45) is 0 Å². The van der Waals surface area contributed by atoms with E-state index in [4.69, 9.17) is 14.6 Å². The highest BCUT2D eigenvalue weighted by molar-refractivity contribution is 5.85. The Kier molecular flexibility index (Phi) is 4.39. The molecule has 4 nitrogen and oxygen atoms in total. The zero-order valence-electron chi connectivity index (χ0n) is 10.9. The Bertz CT molecular complexity index is 615. The summed E-state index contributed by atoms with van der Waals surface area (Å²) < 4.78 is 10.8. The number of methoxy groups -OCH3 is 1. The Morgan fingerprint density at radius 3 is 2.40 bits per heavy atom. The summed E-state index contributed by atoms with van der Waals surface area (Å²) in [6.45, 7) is 0. The fourth-order valence-corrected chi connectivity index (χ4v) is 1.63. The summed E-state index contributed by atoms with van der Waals surface area (Å²) in [7, 11) is 1.61. The van der Waals surface area contributed by atoms with Crippen LogP contribution in [0.4, 0.5) is 0 Å².